The molecule has 25 heavy (non-hydrogen) atoms. The third kappa shape index (κ3) is 2.57. The predicted octanol–water partition coefficient (Wildman–Crippen LogP) is 3.64. The fourth-order valence-corrected chi connectivity index (χ4v) is 5.26. The van der Waals surface area contributed by atoms with E-state index < -0.39 is 0 Å². The van der Waals surface area contributed by atoms with Crippen LogP contribution in [0.3, 0.4) is 0 Å². The highest BCUT2D eigenvalue weighted by molar-refractivity contribution is 7.20. The zero-order valence-corrected chi connectivity index (χ0v) is 14.9. The summed E-state index contributed by atoms with van der Waals surface area (Å²) in [5, 5.41) is 27.4. The van der Waals surface area contributed by atoms with E-state index in [9.17, 15) is 5.11 Å². The molecule has 7 heteroatoms. The number of phenols is 1. The summed E-state index contributed by atoms with van der Waals surface area (Å²) in [4.78, 5) is 0.825. The average Bonchev–Trinajstić information content (AvgIpc) is 3.35. The first-order chi connectivity index (χ1) is 12.2. The summed E-state index contributed by atoms with van der Waals surface area (Å²) in [7, 11) is 0. The van der Waals surface area contributed by atoms with Gasteiger partial charge in [-0.05, 0) is 48.8 Å². The molecule has 5 rings (SSSR count). The first-order valence-corrected chi connectivity index (χ1v) is 9.76. The maximum Gasteiger partial charge on any atom is 0.236 e. The van der Waals surface area contributed by atoms with Crippen molar-refractivity contribution >= 4 is 21.4 Å². The number of nitrogens with zero attached hydrogens (tertiary/aromatic N) is 4. The molecular weight excluding hydrogens is 334 g/mol. The van der Waals surface area contributed by atoms with E-state index in [1.807, 2.05) is 16.6 Å². The molecule has 0 saturated heterocycles. The minimum atomic E-state index is 0.0630. The molecule has 2 fully saturated rings. The van der Waals surface area contributed by atoms with Crippen molar-refractivity contribution in [2.75, 3.05) is 5.32 Å². The lowest BCUT2D eigenvalue weighted by molar-refractivity contribution is 0.439. The Morgan fingerprint density at radius 3 is 2.76 bits per heavy atom. The van der Waals surface area contributed by atoms with Crippen LogP contribution in [0.25, 0.3) is 4.96 Å². The minimum Gasteiger partial charge on any atom is -0.508 e. The van der Waals surface area contributed by atoms with Gasteiger partial charge in [-0.3, -0.25) is 0 Å². The topological polar surface area (TPSA) is 75.3 Å². The van der Waals surface area contributed by atoms with Crippen molar-refractivity contribution in [1.29, 1.82) is 0 Å². The van der Waals surface area contributed by atoms with Gasteiger partial charge >= 0.3 is 0 Å². The third-order valence-corrected chi connectivity index (χ3v) is 6.67. The van der Waals surface area contributed by atoms with Crippen LogP contribution < -0.4 is 5.32 Å². The van der Waals surface area contributed by atoms with Gasteiger partial charge in [0.05, 0.1) is 0 Å². The lowest BCUT2D eigenvalue weighted by Gasteiger charge is -2.22. The van der Waals surface area contributed by atoms with Gasteiger partial charge in [0.25, 0.3) is 0 Å². The van der Waals surface area contributed by atoms with Crippen molar-refractivity contribution in [1.82, 2.24) is 19.8 Å². The Bertz CT molecular complexity index is 902. The lowest BCUT2D eigenvalue weighted by Crippen LogP contribution is -2.25. The summed E-state index contributed by atoms with van der Waals surface area (Å²) in [6.45, 7) is 2.09. The highest BCUT2D eigenvalue weighted by Crippen LogP contribution is 2.45. The normalized spacial score (nSPS) is 26.4. The number of anilines is 1. The summed E-state index contributed by atoms with van der Waals surface area (Å²) in [5.41, 5.74) is 1.09. The van der Waals surface area contributed by atoms with E-state index in [0.29, 0.717) is 6.04 Å². The van der Waals surface area contributed by atoms with Gasteiger partial charge in [-0.15, -0.1) is 15.3 Å². The summed E-state index contributed by atoms with van der Waals surface area (Å²) in [6.07, 6.45) is 5.42. The highest BCUT2D eigenvalue weighted by Gasteiger charge is 2.39. The molecule has 1 aromatic carbocycles. The molecule has 6 nitrogen and oxygen atoms in total. The number of nitrogens with one attached hydrogen (secondary N) is 1. The maximum atomic E-state index is 9.47. The van der Waals surface area contributed by atoms with Gasteiger partial charge in [-0.2, -0.15) is 4.52 Å². The van der Waals surface area contributed by atoms with Crippen LogP contribution in [0.4, 0.5) is 5.13 Å². The Kier molecular flexibility index (Phi) is 3.45. The molecule has 0 spiro atoms. The first kappa shape index (κ1) is 15.1. The molecule has 0 radical (unpaired) electrons. The Hall–Kier alpha value is -2.15. The van der Waals surface area contributed by atoms with Gasteiger partial charge in [0.2, 0.25) is 10.1 Å². The number of hydrogen-bond donors (Lipinski definition) is 2. The molecular formula is C18H21N5OS. The van der Waals surface area contributed by atoms with Crippen LogP contribution >= 0.6 is 11.3 Å². The second-order valence-electron chi connectivity index (χ2n) is 7.40. The van der Waals surface area contributed by atoms with E-state index >= 15 is 0 Å². The largest absolute Gasteiger partial charge is 0.508 e. The standard InChI is InChI=1S/C18H21N5OS/c1-10(12-4-6-14(24)7-5-12)16-20-21-18-23(16)22-17(25-18)19-15-9-11-2-3-13(15)8-11/h4-7,10-11,13,15,24H,2-3,8-9H2,1H3,(H,19,22)/t10-,11?,13?,15?/m0/s1. The van der Waals surface area contributed by atoms with E-state index in [0.717, 1.165) is 33.3 Å². The van der Waals surface area contributed by atoms with E-state index in [2.05, 4.69) is 22.4 Å². The number of phenolic OH excluding ortho intramolecular Hbond substituents is 1. The molecule has 0 aliphatic heterocycles. The number of aromatic nitrogens is 4. The monoisotopic (exact) mass is 355 g/mol. The molecule has 2 aromatic heterocycles. The SMILES string of the molecule is C[C@@H](c1ccc(O)cc1)c1nnc2sc(NC3CC4CCC3C4)nn12. The fraction of sp³-hybridized carbons (Fsp3) is 0.500. The van der Waals surface area contributed by atoms with Crippen molar-refractivity contribution in [2.45, 2.75) is 44.6 Å². The number of aromatic hydroxyl groups is 1. The van der Waals surface area contributed by atoms with Gasteiger partial charge in [0.1, 0.15) is 5.75 Å². The number of benzene rings is 1. The molecule has 2 bridgehead atoms. The molecule has 3 aromatic rings. The van der Waals surface area contributed by atoms with Gasteiger partial charge in [-0.25, -0.2) is 0 Å². The summed E-state index contributed by atoms with van der Waals surface area (Å²) >= 11 is 1.57. The van der Waals surface area contributed by atoms with Crippen LogP contribution in [-0.4, -0.2) is 31.0 Å². The molecule has 2 aliphatic rings. The average molecular weight is 355 g/mol. The second kappa shape index (κ2) is 5.69. The van der Waals surface area contributed by atoms with E-state index in [4.69, 9.17) is 5.10 Å². The second-order valence-corrected chi connectivity index (χ2v) is 8.35. The van der Waals surface area contributed by atoms with Gasteiger partial charge < -0.3 is 10.4 Å². The highest BCUT2D eigenvalue weighted by atomic mass is 32.1. The molecule has 2 saturated carbocycles. The molecule has 3 unspecified atom stereocenters. The summed E-state index contributed by atoms with van der Waals surface area (Å²) in [5.74, 6) is 2.90. The third-order valence-electron chi connectivity index (χ3n) is 5.84. The van der Waals surface area contributed by atoms with Crippen LogP contribution in [0.15, 0.2) is 24.3 Å². The number of rotatable bonds is 4. The molecule has 2 aliphatic carbocycles. The first-order valence-electron chi connectivity index (χ1n) is 8.95. The lowest BCUT2D eigenvalue weighted by atomic mass is 9.96. The maximum absolute atomic E-state index is 9.47. The quantitative estimate of drug-likeness (QED) is 0.747. The van der Waals surface area contributed by atoms with Crippen molar-refractivity contribution in [3.8, 4) is 5.75 Å². The Labute approximate surface area is 149 Å². The van der Waals surface area contributed by atoms with Gasteiger partial charge in [0.15, 0.2) is 5.82 Å². The van der Waals surface area contributed by atoms with Gasteiger partial charge in [0, 0.05) is 12.0 Å². The van der Waals surface area contributed by atoms with Crippen molar-refractivity contribution in [2.24, 2.45) is 11.8 Å². The van der Waals surface area contributed by atoms with Crippen LogP contribution in [0, 0.1) is 11.8 Å². The number of hydrogen-bond acceptors (Lipinski definition) is 6. The summed E-state index contributed by atoms with van der Waals surface area (Å²) in [6, 6.07) is 7.81. The zero-order valence-electron chi connectivity index (χ0n) is 14.1. The Morgan fingerprint density at radius 2 is 2.04 bits per heavy atom. The van der Waals surface area contributed by atoms with E-state index in [1.165, 1.54) is 25.7 Å². The molecule has 130 valence electrons. The molecule has 2 N–H and O–H groups in total. The predicted molar refractivity (Wildman–Crippen MR) is 97.1 cm³/mol. The van der Waals surface area contributed by atoms with Crippen molar-refractivity contribution < 1.29 is 5.11 Å². The van der Waals surface area contributed by atoms with Crippen molar-refractivity contribution in [3.05, 3.63) is 35.7 Å². The van der Waals surface area contributed by atoms with Gasteiger partial charge in [-0.1, -0.05) is 36.8 Å². The molecule has 2 heterocycles. The Morgan fingerprint density at radius 1 is 1.20 bits per heavy atom. The Balaban J connectivity index is 1.41. The summed E-state index contributed by atoms with van der Waals surface area (Å²) < 4.78 is 1.86. The molecule has 0 amide bonds. The zero-order chi connectivity index (χ0) is 17.0. The molecule has 4 atom stereocenters. The fourth-order valence-electron chi connectivity index (χ4n) is 4.45. The van der Waals surface area contributed by atoms with Crippen LogP contribution in [0.2, 0.25) is 0 Å². The van der Waals surface area contributed by atoms with Crippen LogP contribution in [0.5, 0.6) is 5.75 Å². The van der Waals surface area contributed by atoms with E-state index in [1.54, 1.807) is 23.5 Å². The van der Waals surface area contributed by atoms with Crippen molar-refractivity contribution in [3.63, 3.8) is 0 Å². The van der Waals surface area contributed by atoms with Crippen LogP contribution in [-0.2, 0) is 0 Å². The van der Waals surface area contributed by atoms with E-state index in [-0.39, 0.29) is 11.7 Å². The number of fused-ring (bicyclic) bond motifs is 3. The smallest absolute Gasteiger partial charge is 0.236 e. The minimum absolute atomic E-state index is 0.0630. The van der Waals surface area contributed by atoms with Crippen LogP contribution in [0.1, 0.15) is 49.9 Å².